The molecule has 2 rings (SSSR count). The van der Waals surface area contributed by atoms with Gasteiger partial charge in [-0.15, -0.1) is 0 Å². The van der Waals surface area contributed by atoms with Crippen LogP contribution in [0, 0.1) is 0 Å². The maximum atomic E-state index is 12.3. The molecule has 0 aromatic heterocycles. The number of amides is 1. The average Bonchev–Trinajstić information content (AvgIpc) is 2.60. The third-order valence-corrected chi connectivity index (χ3v) is 5.26. The summed E-state index contributed by atoms with van der Waals surface area (Å²) >= 11 is 6.02. The van der Waals surface area contributed by atoms with Crippen LogP contribution in [0.25, 0.3) is 0 Å². The standard InChI is InChI=1S/C17H19ClN2O4S/c1-12(17(21)19-2)24-14-7-9-15(10-8-14)25(22,23)20-11-13-5-3-4-6-16(13)18/h3-10,12,20H,11H2,1-2H3,(H,19,21)/t12-/m0/s1. The zero-order chi connectivity index (χ0) is 18.4. The van der Waals surface area contributed by atoms with Gasteiger partial charge in [0.2, 0.25) is 10.0 Å². The van der Waals surface area contributed by atoms with Crippen LogP contribution in [-0.4, -0.2) is 27.5 Å². The Bertz CT molecular complexity index is 838. The first-order chi connectivity index (χ1) is 11.8. The van der Waals surface area contributed by atoms with E-state index in [0.717, 1.165) is 0 Å². The van der Waals surface area contributed by atoms with Gasteiger partial charge in [0, 0.05) is 18.6 Å². The van der Waals surface area contributed by atoms with Crippen molar-refractivity contribution in [1.82, 2.24) is 10.0 Å². The lowest BCUT2D eigenvalue weighted by atomic mass is 10.2. The van der Waals surface area contributed by atoms with E-state index in [2.05, 4.69) is 10.0 Å². The second-order valence-corrected chi connectivity index (χ2v) is 7.44. The molecule has 2 N–H and O–H groups in total. The van der Waals surface area contributed by atoms with E-state index in [1.807, 2.05) is 0 Å². The van der Waals surface area contributed by atoms with Gasteiger partial charge in [0.25, 0.3) is 5.91 Å². The van der Waals surface area contributed by atoms with Crippen molar-refractivity contribution >= 4 is 27.5 Å². The van der Waals surface area contributed by atoms with E-state index in [4.69, 9.17) is 16.3 Å². The van der Waals surface area contributed by atoms with Gasteiger partial charge in [0.05, 0.1) is 4.90 Å². The number of nitrogens with one attached hydrogen (secondary N) is 2. The van der Waals surface area contributed by atoms with Gasteiger partial charge in [-0.1, -0.05) is 29.8 Å². The van der Waals surface area contributed by atoms with Crippen LogP contribution in [0.3, 0.4) is 0 Å². The first-order valence-corrected chi connectivity index (χ1v) is 9.41. The van der Waals surface area contributed by atoms with E-state index < -0.39 is 16.1 Å². The lowest BCUT2D eigenvalue weighted by molar-refractivity contribution is -0.126. The molecule has 0 spiro atoms. The molecule has 0 bridgehead atoms. The van der Waals surface area contributed by atoms with Gasteiger partial charge >= 0.3 is 0 Å². The molecule has 8 heteroatoms. The van der Waals surface area contributed by atoms with Crippen LogP contribution < -0.4 is 14.8 Å². The van der Waals surface area contributed by atoms with Crippen LogP contribution in [0.5, 0.6) is 5.75 Å². The number of hydrogen-bond donors (Lipinski definition) is 2. The Kier molecular flexibility index (Phi) is 6.41. The Labute approximate surface area is 152 Å². The Hall–Kier alpha value is -2.09. The van der Waals surface area contributed by atoms with Gasteiger partial charge in [0.15, 0.2) is 6.10 Å². The predicted octanol–water partition coefficient (Wildman–Crippen LogP) is 2.33. The summed E-state index contributed by atoms with van der Waals surface area (Å²) in [4.78, 5) is 11.5. The van der Waals surface area contributed by atoms with E-state index >= 15 is 0 Å². The lowest BCUT2D eigenvalue weighted by Gasteiger charge is -2.13. The Morgan fingerprint density at radius 3 is 2.40 bits per heavy atom. The van der Waals surface area contributed by atoms with Crippen LogP contribution in [-0.2, 0) is 21.4 Å². The van der Waals surface area contributed by atoms with Crippen molar-refractivity contribution in [3.8, 4) is 5.75 Å². The number of carbonyl (C=O) groups is 1. The van der Waals surface area contributed by atoms with Crippen molar-refractivity contribution < 1.29 is 17.9 Å². The minimum absolute atomic E-state index is 0.0912. The molecule has 0 saturated heterocycles. The third kappa shape index (κ3) is 5.19. The van der Waals surface area contributed by atoms with E-state index in [1.54, 1.807) is 31.2 Å². The third-order valence-electron chi connectivity index (χ3n) is 3.47. The highest BCUT2D eigenvalue weighted by Gasteiger charge is 2.16. The van der Waals surface area contributed by atoms with Gasteiger partial charge in [0.1, 0.15) is 5.75 Å². The largest absolute Gasteiger partial charge is 0.481 e. The molecule has 0 aliphatic carbocycles. The molecule has 25 heavy (non-hydrogen) atoms. The molecule has 0 fully saturated rings. The number of sulfonamides is 1. The van der Waals surface area contributed by atoms with Crippen molar-refractivity contribution in [2.24, 2.45) is 0 Å². The molecule has 1 amide bonds. The van der Waals surface area contributed by atoms with E-state index in [0.29, 0.717) is 16.3 Å². The van der Waals surface area contributed by atoms with Crippen LogP contribution in [0.2, 0.25) is 5.02 Å². The lowest BCUT2D eigenvalue weighted by Crippen LogP contribution is -2.33. The summed E-state index contributed by atoms with van der Waals surface area (Å²) in [5.41, 5.74) is 0.687. The van der Waals surface area contributed by atoms with Gasteiger partial charge in [-0.25, -0.2) is 13.1 Å². The Morgan fingerprint density at radius 2 is 1.80 bits per heavy atom. The molecule has 0 saturated carbocycles. The molecule has 6 nitrogen and oxygen atoms in total. The summed E-state index contributed by atoms with van der Waals surface area (Å²) in [7, 11) is -2.17. The quantitative estimate of drug-likeness (QED) is 0.769. The molecule has 2 aromatic rings. The van der Waals surface area contributed by atoms with E-state index in [-0.39, 0.29) is 17.3 Å². The first-order valence-electron chi connectivity index (χ1n) is 7.55. The second-order valence-electron chi connectivity index (χ2n) is 5.26. The van der Waals surface area contributed by atoms with Gasteiger partial charge in [-0.05, 0) is 42.8 Å². The Balaban J connectivity index is 2.05. The Morgan fingerprint density at radius 1 is 1.16 bits per heavy atom. The highest BCUT2D eigenvalue weighted by molar-refractivity contribution is 7.89. The van der Waals surface area contributed by atoms with Crippen molar-refractivity contribution in [2.45, 2.75) is 24.5 Å². The summed E-state index contributed by atoms with van der Waals surface area (Å²) in [5, 5.41) is 2.97. The number of halogens is 1. The zero-order valence-electron chi connectivity index (χ0n) is 13.8. The van der Waals surface area contributed by atoms with Crippen molar-refractivity contribution in [3.63, 3.8) is 0 Å². The minimum atomic E-state index is -3.68. The summed E-state index contributed by atoms with van der Waals surface area (Å²) in [6.45, 7) is 1.70. The highest BCUT2D eigenvalue weighted by atomic mass is 35.5. The summed E-state index contributed by atoms with van der Waals surface area (Å²) in [6, 6.07) is 12.9. The highest BCUT2D eigenvalue weighted by Crippen LogP contribution is 2.19. The molecule has 0 aliphatic heterocycles. The maximum absolute atomic E-state index is 12.3. The zero-order valence-corrected chi connectivity index (χ0v) is 15.4. The number of carbonyl (C=O) groups excluding carboxylic acids is 1. The van der Waals surface area contributed by atoms with E-state index in [1.165, 1.54) is 31.3 Å². The van der Waals surface area contributed by atoms with Crippen molar-refractivity contribution in [1.29, 1.82) is 0 Å². The summed E-state index contributed by atoms with van der Waals surface area (Å²) in [6.07, 6.45) is -0.675. The predicted molar refractivity (Wildman–Crippen MR) is 96.1 cm³/mol. The molecule has 134 valence electrons. The molecule has 0 heterocycles. The van der Waals surface area contributed by atoms with Crippen molar-refractivity contribution in [2.75, 3.05) is 7.05 Å². The normalized spacial score (nSPS) is 12.4. The molecule has 2 aromatic carbocycles. The number of likely N-dealkylation sites (N-methyl/N-ethyl adjacent to an activating group) is 1. The van der Waals surface area contributed by atoms with Crippen molar-refractivity contribution in [3.05, 3.63) is 59.1 Å². The topological polar surface area (TPSA) is 84.5 Å². The molecule has 1 atom stereocenters. The summed E-state index contributed by atoms with van der Waals surface area (Å²) in [5.74, 6) is 0.138. The number of benzene rings is 2. The number of ether oxygens (including phenoxy) is 1. The fourth-order valence-corrected chi connectivity index (χ4v) is 3.27. The van der Waals surface area contributed by atoms with Gasteiger partial charge in [-0.3, -0.25) is 4.79 Å². The first kappa shape index (κ1) is 19.2. The smallest absolute Gasteiger partial charge is 0.260 e. The van der Waals surface area contributed by atoms with Crippen LogP contribution in [0.15, 0.2) is 53.4 Å². The van der Waals surface area contributed by atoms with E-state index in [9.17, 15) is 13.2 Å². The summed E-state index contributed by atoms with van der Waals surface area (Å²) < 4.78 is 32.6. The van der Waals surface area contributed by atoms with Gasteiger partial charge < -0.3 is 10.1 Å². The number of hydrogen-bond acceptors (Lipinski definition) is 4. The molecule has 0 unspecified atom stereocenters. The maximum Gasteiger partial charge on any atom is 0.260 e. The SMILES string of the molecule is CNC(=O)[C@H](C)Oc1ccc(S(=O)(=O)NCc2ccccc2Cl)cc1. The molecular weight excluding hydrogens is 364 g/mol. The van der Waals surface area contributed by atoms with Crippen LogP contribution in [0.4, 0.5) is 0 Å². The molecule has 0 radical (unpaired) electrons. The fraction of sp³-hybridized carbons (Fsp3) is 0.235. The van der Waals surface area contributed by atoms with Crippen LogP contribution in [0.1, 0.15) is 12.5 Å². The fourth-order valence-electron chi connectivity index (χ4n) is 2.06. The van der Waals surface area contributed by atoms with Crippen LogP contribution >= 0.6 is 11.6 Å². The second kappa shape index (κ2) is 8.33. The molecule has 0 aliphatic rings. The minimum Gasteiger partial charge on any atom is -0.481 e. The monoisotopic (exact) mass is 382 g/mol. The van der Waals surface area contributed by atoms with Gasteiger partial charge in [-0.2, -0.15) is 0 Å². The average molecular weight is 383 g/mol. The molecular formula is C17H19ClN2O4S. The number of rotatable bonds is 7.